The van der Waals surface area contributed by atoms with Gasteiger partial charge in [-0.25, -0.2) is 4.39 Å². The van der Waals surface area contributed by atoms with E-state index in [1.165, 1.54) is 18.2 Å². The van der Waals surface area contributed by atoms with Crippen LogP contribution in [0.15, 0.2) is 42.5 Å². The molecule has 0 aliphatic carbocycles. The molecule has 2 aromatic carbocycles. The van der Waals surface area contributed by atoms with Gasteiger partial charge in [-0.2, -0.15) is 9.97 Å². The van der Waals surface area contributed by atoms with Gasteiger partial charge in [-0.15, -0.1) is 0 Å². The van der Waals surface area contributed by atoms with E-state index in [1.807, 2.05) is 32.0 Å². The Morgan fingerprint density at radius 2 is 1.81 bits per heavy atom. The molecule has 0 aliphatic heterocycles. The van der Waals surface area contributed by atoms with E-state index in [9.17, 15) is 14.5 Å². The second-order valence-electron chi connectivity index (χ2n) is 5.92. The smallest absolute Gasteiger partial charge is 0.353 e. The first-order chi connectivity index (χ1) is 12.8. The second-order valence-corrected chi connectivity index (χ2v) is 5.92. The van der Waals surface area contributed by atoms with E-state index in [0.717, 1.165) is 11.1 Å². The van der Waals surface area contributed by atoms with Crippen LogP contribution in [0.5, 0.6) is 0 Å². The number of nitrogen functional groups attached to an aromatic ring is 1. The van der Waals surface area contributed by atoms with Crippen molar-refractivity contribution in [2.45, 2.75) is 13.8 Å². The first kappa shape index (κ1) is 18.1. The normalized spacial score (nSPS) is 10.5. The Kier molecular flexibility index (Phi) is 4.84. The van der Waals surface area contributed by atoms with E-state index in [1.54, 1.807) is 6.07 Å². The average molecular weight is 368 g/mol. The van der Waals surface area contributed by atoms with E-state index in [-0.39, 0.29) is 23.3 Å². The van der Waals surface area contributed by atoms with Gasteiger partial charge >= 0.3 is 5.69 Å². The summed E-state index contributed by atoms with van der Waals surface area (Å²) in [5, 5.41) is 16.9. The summed E-state index contributed by atoms with van der Waals surface area (Å²) in [5.74, 6) is -1.06. The van der Waals surface area contributed by atoms with Crippen LogP contribution in [0.25, 0.3) is 0 Å². The van der Waals surface area contributed by atoms with Crippen LogP contribution in [-0.2, 0) is 0 Å². The van der Waals surface area contributed by atoms with Crippen molar-refractivity contribution in [2.24, 2.45) is 0 Å². The maximum atomic E-state index is 13.9. The van der Waals surface area contributed by atoms with Gasteiger partial charge in [0.1, 0.15) is 5.82 Å². The van der Waals surface area contributed by atoms with E-state index < -0.39 is 16.4 Å². The molecule has 8 nitrogen and oxygen atoms in total. The quantitative estimate of drug-likeness (QED) is 0.456. The summed E-state index contributed by atoms with van der Waals surface area (Å²) in [6.07, 6.45) is 0. The fraction of sp³-hybridized carbons (Fsp3) is 0.111. The van der Waals surface area contributed by atoms with Crippen molar-refractivity contribution in [1.82, 2.24) is 9.97 Å². The number of nitrogens with two attached hydrogens (primary N) is 1. The lowest BCUT2D eigenvalue weighted by Gasteiger charge is -2.12. The molecular formula is C18H17FN6O2. The highest BCUT2D eigenvalue weighted by Gasteiger charge is 2.24. The lowest BCUT2D eigenvalue weighted by molar-refractivity contribution is -0.383. The summed E-state index contributed by atoms with van der Waals surface area (Å²) in [6, 6.07) is 11.4. The number of aryl methyl sites for hydroxylation is 2. The van der Waals surface area contributed by atoms with Crippen LogP contribution >= 0.6 is 0 Å². The Labute approximate surface area is 154 Å². The van der Waals surface area contributed by atoms with Gasteiger partial charge in [-0.1, -0.05) is 18.2 Å². The summed E-state index contributed by atoms with van der Waals surface area (Å²) in [6.45, 7) is 3.94. The fourth-order valence-electron chi connectivity index (χ4n) is 2.43. The Balaban J connectivity index is 2.01. The topological polar surface area (TPSA) is 119 Å². The summed E-state index contributed by atoms with van der Waals surface area (Å²) in [4.78, 5) is 18.7. The van der Waals surface area contributed by atoms with Crippen LogP contribution in [0.1, 0.15) is 11.1 Å². The van der Waals surface area contributed by atoms with Gasteiger partial charge in [0.2, 0.25) is 17.6 Å². The van der Waals surface area contributed by atoms with E-state index in [2.05, 4.69) is 20.6 Å². The summed E-state index contributed by atoms with van der Waals surface area (Å²) < 4.78 is 13.9. The Morgan fingerprint density at radius 1 is 1.07 bits per heavy atom. The number of nitro groups is 1. The minimum Gasteiger partial charge on any atom is -0.378 e. The van der Waals surface area contributed by atoms with Crippen molar-refractivity contribution in [3.8, 4) is 0 Å². The van der Waals surface area contributed by atoms with E-state index >= 15 is 0 Å². The standard InChI is InChI=1S/C18H17FN6O2/c1-10-7-8-12(9-11(10)2)21-18-23-16(20)15(25(26)27)17(24-18)22-14-6-4-3-5-13(14)19/h3-9H,1-2H3,(H4,20,21,22,23,24). The van der Waals surface area contributed by atoms with Crippen molar-refractivity contribution in [3.63, 3.8) is 0 Å². The Hall–Kier alpha value is -3.75. The summed E-state index contributed by atoms with van der Waals surface area (Å²) in [7, 11) is 0. The minimum absolute atomic E-state index is 0.0378. The molecule has 0 fully saturated rings. The first-order valence-electron chi connectivity index (χ1n) is 8.03. The molecule has 0 radical (unpaired) electrons. The van der Waals surface area contributed by atoms with Gasteiger partial charge in [0, 0.05) is 5.69 Å². The fourth-order valence-corrected chi connectivity index (χ4v) is 2.43. The Morgan fingerprint density at radius 3 is 2.48 bits per heavy atom. The first-order valence-corrected chi connectivity index (χ1v) is 8.03. The van der Waals surface area contributed by atoms with Gasteiger partial charge in [0.15, 0.2) is 0 Å². The predicted molar refractivity (Wildman–Crippen MR) is 102 cm³/mol. The van der Waals surface area contributed by atoms with Crippen LogP contribution in [0.4, 0.5) is 39.0 Å². The molecule has 3 aromatic rings. The number of anilines is 5. The highest BCUT2D eigenvalue weighted by molar-refractivity contribution is 5.75. The van der Waals surface area contributed by atoms with Crippen molar-refractivity contribution in [2.75, 3.05) is 16.4 Å². The average Bonchev–Trinajstić information content (AvgIpc) is 2.59. The summed E-state index contributed by atoms with van der Waals surface area (Å²) >= 11 is 0. The molecule has 0 bridgehead atoms. The molecule has 0 saturated carbocycles. The molecule has 0 spiro atoms. The molecular weight excluding hydrogens is 351 g/mol. The number of benzene rings is 2. The van der Waals surface area contributed by atoms with Gasteiger partial charge in [0.05, 0.1) is 10.6 Å². The zero-order valence-electron chi connectivity index (χ0n) is 14.7. The van der Waals surface area contributed by atoms with Gasteiger partial charge in [0.25, 0.3) is 0 Å². The lowest BCUT2D eigenvalue weighted by Crippen LogP contribution is -2.09. The predicted octanol–water partition coefficient (Wildman–Crippen LogP) is 4.21. The van der Waals surface area contributed by atoms with Crippen LogP contribution < -0.4 is 16.4 Å². The van der Waals surface area contributed by atoms with Crippen LogP contribution in [0.2, 0.25) is 0 Å². The van der Waals surface area contributed by atoms with Crippen molar-refractivity contribution < 1.29 is 9.31 Å². The van der Waals surface area contributed by atoms with E-state index in [4.69, 9.17) is 5.73 Å². The molecule has 1 aromatic heterocycles. The minimum atomic E-state index is -0.710. The van der Waals surface area contributed by atoms with Gasteiger partial charge < -0.3 is 16.4 Å². The molecule has 4 N–H and O–H groups in total. The molecule has 9 heteroatoms. The zero-order chi connectivity index (χ0) is 19.6. The molecule has 0 unspecified atom stereocenters. The SMILES string of the molecule is Cc1ccc(Nc2nc(N)c([N+](=O)[O-])c(Nc3ccccc3F)n2)cc1C. The zero-order valence-corrected chi connectivity index (χ0v) is 14.7. The third-order valence-corrected chi connectivity index (χ3v) is 3.98. The molecule has 138 valence electrons. The van der Waals surface area contributed by atoms with Crippen molar-refractivity contribution in [3.05, 3.63) is 69.5 Å². The highest BCUT2D eigenvalue weighted by Crippen LogP contribution is 2.32. The second kappa shape index (κ2) is 7.24. The highest BCUT2D eigenvalue weighted by atomic mass is 19.1. The third kappa shape index (κ3) is 3.92. The largest absolute Gasteiger partial charge is 0.378 e. The number of hydrogen-bond donors (Lipinski definition) is 3. The number of para-hydroxylation sites is 1. The molecule has 1 heterocycles. The Bertz CT molecular complexity index is 1020. The van der Waals surface area contributed by atoms with Crippen molar-refractivity contribution in [1.29, 1.82) is 0 Å². The molecule has 3 rings (SSSR count). The number of aromatic nitrogens is 2. The maximum absolute atomic E-state index is 13.9. The van der Waals surface area contributed by atoms with Crippen LogP contribution in [-0.4, -0.2) is 14.9 Å². The van der Waals surface area contributed by atoms with Crippen LogP contribution in [0, 0.1) is 29.8 Å². The van der Waals surface area contributed by atoms with Gasteiger partial charge in [-0.05, 0) is 49.2 Å². The van der Waals surface area contributed by atoms with Crippen molar-refractivity contribution >= 4 is 34.6 Å². The number of halogens is 1. The molecule has 0 amide bonds. The number of nitrogens with one attached hydrogen (secondary N) is 2. The third-order valence-electron chi connectivity index (χ3n) is 3.98. The number of hydrogen-bond acceptors (Lipinski definition) is 7. The number of nitrogens with zero attached hydrogens (tertiary/aromatic N) is 3. The van der Waals surface area contributed by atoms with Crippen LogP contribution in [0.3, 0.4) is 0 Å². The molecule has 0 saturated heterocycles. The van der Waals surface area contributed by atoms with E-state index in [0.29, 0.717) is 5.69 Å². The molecule has 0 aliphatic rings. The molecule has 0 atom stereocenters. The summed E-state index contributed by atoms with van der Waals surface area (Å²) in [5.41, 5.74) is 8.14. The van der Waals surface area contributed by atoms with Gasteiger partial charge in [-0.3, -0.25) is 10.1 Å². The number of rotatable bonds is 5. The molecule has 27 heavy (non-hydrogen) atoms. The lowest BCUT2D eigenvalue weighted by atomic mass is 10.1. The monoisotopic (exact) mass is 368 g/mol. The maximum Gasteiger partial charge on any atom is 0.353 e.